The summed E-state index contributed by atoms with van der Waals surface area (Å²) in [7, 11) is 2.02. The summed E-state index contributed by atoms with van der Waals surface area (Å²) in [5.74, 6) is -1.39. The molecule has 12 nitrogen and oxygen atoms in total. The van der Waals surface area contributed by atoms with Gasteiger partial charge in [-0.25, -0.2) is 14.2 Å². The summed E-state index contributed by atoms with van der Waals surface area (Å²) in [6.45, 7) is 10.4. The number of benzene rings is 1. The van der Waals surface area contributed by atoms with Crippen molar-refractivity contribution in [1.82, 2.24) is 19.7 Å². The van der Waals surface area contributed by atoms with Crippen LogP contribution in [0.1, 0.15) is 56.2 Å². The predicted octanol–water partition coefficient (Wildman–Crippen LogP) is 4.22. The molecule has 4 heterocycles. The van der Waals surface area contributed by atoms with E-state index in [-0.39, 0.29) is 36.0 Å². The third-order valence-electron chi connectivity index (χ3n) is 9.58. The van der Waals surface area contributed by atoms with Gasteiger partial charge in [0.25, 0.3) is 5.91 Å². The zero-order valence-electron chi connectivity index (χ0n) is 28.8. The van der Waals surface area contributed by atoms with E-state index < -0.39 is 30.1 Å². The van der Waals surface area contributed by atoms with Crippen molar-refractivity contribution in [2.24, 2.45) is 11.8 Å². The van der Waals surface area contributed by atoms with Crippen LogP contribution in [0.15, 0.2) is 52.9 Å². The van der Waals surface area contributed by atoms with E-state index in [0.29, 0.717) is 68.9 Å². The molecule has 0 unspecified atom stereocenters. The number of carbonyl (C=O) groups is 3. The molecule has 1 aromatic heterocycles. The molecule has 0 spiro atoms. The third-order valence-corrected chi connectivity index (χ3v) is 9.58. The van der Waals surface area contributed by atoms with Gasteiger partial charge in [0.1, 0.15) is 18.0 Å². The zero-order valence-corrected chi connectivity index (χ0v) is 28.8. The zero-order chi connectivity index (χ0) is 35.1. The molecule has 1 N–H and O–H groups in total. The molecular weight excluding hydrogens is 633 g/mol. The van der Waals surface area contributed by atoms with E-state index in [9.17, 15) is 23.9 Å². The number of halogens is 1. The molecule has 266 valence electrons. The molecule has 13 heteroatoms. The number of piperazine rings is 2. The van der Waals surface area contributed by atoms with Crippen molar-refractivity contribution >= 4 is 29.7 Å². The van der Waals surface area contributed by atoms with E-state index in [2.05, 4.69) is 9.88 Å². The molecule has 5 rings (SSSR count). The van der Waals surface area contributed by atoms with Crippen LogP contribution < -0.4 is 4.90 Å². The Kier molecular flexibility index (Phi) is 12.1. The number of hydrogen-bond donors (Lipinski definition) is 1. The molecule has 0 aliphatic carbocycles. The van der Waals surface area contributed by atoms with Crippen LogP contribution in [-0.4, -0.2) is 120 Å². The monoisotopic (exact) mass is 681 g/mol. The van der Waals surface area contributed by atoms with Crippen molar-refractivity contribution in [3.63, 3.8) is 0 Å². The molecule has 2 amide bonds. The fraction of sp³-hybridized carbons (Fsp3) is 0.556. The first kappa shape index (κ1) is 36.1. The summed E-state index contributed by atoms with van der Waals surface area (Å²) in [5, 5.41) is 10.7. The average molecular weight is 682 g/mol. The highest BCUT2D eigenvalue weighted by Gasteiger charge is 2.30. The maximum absolute atomic E-state index is 15.0. The van der Waals surface area contributed by atoms with Crippen LogP contribution in [0.2, 0.25) is 0 Å². The van der Waals surface area contributed by atoms with Crippen LogP contribution in [0.3, 0.4) is 0 Å². The quantitative estimate of drug-likeness (QED) is 0.362. The van der Waals surface area contributed by atoms with Crippen LogP contribution in [0, 0.1) is 17.7 Å². The summed E-state index contributed by atoms with van der Waals surface area (Å²) < 4.78 is 32.1. The highest BCUT2D eigenvalue weighted by atomic mass is 19.1. The Bertz CT molecular complexity index is 1500. The van der Waals surface area contributed by atoms with Gasteiger partial charge in [-0.15, -0.1) is 0 Å². The Morgan fingerprint density at radius 3 is 2.41 bits per heavy atom. The van der Waals surface area contributed by atoms with Crippen LogP contribution in [0.4, 0.5) is 14.9 Å². The first-order chi connectivity index (χ1) is 23.5. The van der Waals surface area contributed by atoms with E-state index in [1.807, 2.05) is 50.9 Å². The lowest BCUT2D eigenvalue weighted by Gasteiger charge is -2.35. The lowest BCUT2D eigenvalue weighted by atomic mass is 9.91. The number of rotatable bonds is 5. The fourth-order valence-corrected chi connectivity index (χ4v) is 6.48. The number of amides is 2. The van der Waals surface area contributed by atoms with Gasteiger partial charge in [-0.3, -0.25) is 9.59 Å². The molecule has 0 radical (unpaired) electrons. The molecule has 2 aromatic rings. The van der Waals surface area contributed by atoms with E-state index in [0.717, 1.165) is 13.1 Å². The molecule has 3 aliphatic rings. The molecule has 2 fully saturated rings. The number of carbonyl (C=O) groups excluding carboxylic acids is 3. The SMILES string of the molecule is C/C(=C\c1cc(F)cc(N2CCN(C(=O)c3cnco3)CC2)c1)[C@H]1OC(=O)C[C@H](O)CC[C@H](C)[C@@H](OC(=O)N2CCN(C)CC2)/C=C\[C@@H]1C. The van der Waals surface area contributed by atoms with Gasteiger partial charge in [0.05, 0.1) is 18.7 Å². The summed E-state index contributed by atoms with van der Waals surface area (Å²) in [6, 6.07) is 4.76. The van der Waals surface area contributed by atoms with Gasteiger partial charge < -0.3 is 38.6 Å². The van der Waals surface area contributed by atoms with Crippen LogP contribution >= 0.6 is 0 Å². The van der Waals surface area contributed by atoms with Gasteiger partial charge in [-0.2, -0.15) is 0 Å². The lowest BCUT2D eigenvalue weighted by molar-refractivity contribution is -0.151. The number of oxazole rings is 1. The Morgan fingerprint density at radius 1 is 1.00 bits per heavy atom. The number of likely N-dealkylation sites (N-methyl/N-ethyl adjacent to an activating group) is 1. The minimum absolute atomic E-state index is 0.0899. The minimum Gasteiger partial charge on any atom is -0.457 e. The topological polar surface area (TPSA) is 129 Å². The number of anilines is 1. The molecule has 2 saturated heterocycles. The van der Waals surface area contributed by atoms with Gasteiger partial charge in [-0.1, -0.05) is 26.0 Å². The van der Waals surface area contributed by atoms with Crippen molar-refractivity contribution < 1.29 is 37.8 Å². The Hall–Kier alpha value is -4.23. The second-order valence-corrected chi connectivity index (χ2v) is 13.5. The largest absolute Gasteiger partial charge is 0.457 e. The average Bonchev–Trinajstić information content (AvgIpc) is 3.62. The third kappa shape index (κ3) is 9.69. The van der Waals surface area contributed by atoms with Crippen molar-refractivity contribution in [3.05, 3.63) is 65.7 Å². The Morgan fingerprint density at radius 2 is 1.71 bits per heavy atom. The standard InChI is InChI=1S/C36H48FN5O7/c1-24-5-7-30(43)21-33(44)49-34(25(2)6-8-31(24)48-36(46)42-11-9-39(4)10-12-42)26(3)17-27-18-28(37)20-29(19-27)40-13-15-41(16-14-40)35(45)32-22-38-23-47-32/h6,8,17-20,22-25,30-31,34,43H,5,7,9-16,21H2,1-4H3/b8-6-,26-17+/t24-,25-,30+,31-,34-/m0/s1. The van der Waals surface area contributed by atoms with E-state index >= 15 is 0 Å². The minimum atomic E-state index is -0.898. The normalized spacial score (nSPS) is 27.1. The van der Waals surface area contributed by atoms with Gasteiger partial charge >= 0.3 is 12.1 Å². The van der Waals surface area contributed by atoms with Gasteiger partial charge in [0.15, 0.2) is 6.39 Å². The van der Waals surface area contributed by atoms with E-state index in [1.165, 1.54) is 24.7 Å². The number of cyclic esters (lactones) is 1. The molecule has 5 atom stereocenters. The molecule has 1 aromatic carbocycles. The van der Waals surface area contributed by atoms with Gasteiger partial charge in [0, 0.05) is 64.0 Å². The van der Waals surface area contributed by atoms with Crippen molar-refractivity contribution in [2.45, 2.75) is 58.3 Å². The van der Waals surface area contributed by atoms with Gasteiger partial charge in [0.2, 0.25) is 5.76 Å². The number of esters is 1. The Balaban J connectivity index is 1.31. The van der Waals surface area contributed by atoms with Crippen LogP contribution in [-0.2, 0) is 14.3 Å². The molecular formula is C36H48FN5O7. The summed E-state index contributed by atoms with van der Waals surface area (Å²) in [5.41, 5.74) is 1.96. The second kappa shape index (κ2) is 16.4. The molecule has 0 bridgehead atoms. The fourth-order valence-electron chi connectivity index (χ4n) is 6.48. The van der Waals surface area contributed by atoms with Crippen molar-refractivity contribution in [2.75, 3.05) is 64.3 Å². The predicted molar refractivity (Wildman–Crippen MR) is 181 cm³/mol. The highest BCUT2D eigenvalue weighted by Crippen LogP contribution is 2.28. The number of ether oxygens (including phenoxy) is 2. The van der Waals surface area contributed by atoms with Crippen molar-refractivity contribution in [1.29, 1.82) is 0 Å². The smallest absolute Gasteiger partial charge is 0.410 e. The van der Waals surface area contributed by atoms with Crippen molar-refractivity contribution in [3.8, 4) is 0 Å². The Labute approximate surface area is 287 Å². The van der Waals surface area contributed by atoms with E-state index in [1.54, 1.807) is 15.9 Å². The van der Waals surface area contributed by atoms with Gasteiger partial charge in [-0.05, 0) is 68.1 Å². The second-order valence-electron chi connectivity index (χ2n) is 13.5. The highest BCUT2D eigenvalue weighted by molar-refractivity contribution is 5.91. The molecule has 3 aliphatic heterocycles. The van der Waals surface area contributed by atoms with E-state index in [4.69, 9.17) is 13.9 Å². The maximum Gasteiger partial charge on any atom is 0.410 e. The van der Waals surface area contributed by atoms with Crippen LogP contribution in [0.25, 0.3) is 6.08 Å². The summed E-state index contributed by atoms with van der Waals surface area (Å²) >= 11 is 0. The van der Waals surface area contributed by atoms with Crippen LogP contribution in [0.5, 0.6) is 0 Å². The summed E-state index contributed by atoms with van der Waals surface area (Å²) in [4.78, 5) is 50.1. The number of hydrogen-bond acceptors (Lipinski definition) is 10. The first-order valence-corrected chi connectivity index (χ1v) is 17.1. The lowest BCUT2D eigenvalue weighted by Crippen LogP contribution is -2.48. The first-order valence-electron chi connectivity index (χ1n) is 17.1. The number of aromatic nitrogens is 1. The molecule has 49 heavy (non-hydrogen) atoms. The number of aliphatic hydroxyl groups is 1. The number of nitrogens with zero attached hydrogens (tertiary/aromatic N) is 5. The number of aliphatic hydroxyl groups excluding tert-OH is 1. The summed E-state index contributed by atoms with van der Waals surface area (Å²) in [6.07, 6.45) is 6.44. The maximum atomic E-state index is 15.0. The molecule has 0 saturated carbocycles.